The average Bonchev–Trinajstić information content (AvgIpc) is 2.60. The van der Waals surface area contributed by atoms with Gasteiger partial charge in [0.05, 0.1) is 26.4 Å². The van der Waals surface area contributed by atoms with Gasteiger partial charge in [-0.2, -0.15) is 0 Å². The third-order valence-corrected chi connectivity index (χ3v) is 4.04. The van der Waals surface area contributed by atoms with E-state index in [0.29, 0.717) is 23.1 Å². The molecule has 0 aromatic heterocycles. The topological polar surface area (TPSA) is 39.7 Å². The van der Waals surface area contributed by atoms with E-state index in [1.54, 1.807) is 21.3 Å². The molecule has 0 amide bonds. The molecule has 0 aliphatic rings. The molecule has 1 N–H and O–H groups in total. The lowest BCUT2D eigenvalue weighted by Gasteiger charge is -2.13. The van der Waals surface area contributed by atoms with E-state index in [1.807, 2.05) is 24.3 Å². The second-order valence-electron chi connectivity index (χ2n) is 5.05. The molecule has 0 spiro atoms. The minimum atomic E-state index is 0.573. The lowest BCUT2D eigenvalue weighted by atomic mass is 10.1. The molecule has 2 aromatic carbocycles. The van der Waals surface area contributed by atoms with Gasteiger partial charge < -0.3 is 19.5 Å². The molecule has 0 atom stereocenters. The van der Waals surface area contributed by atoms with E-state index < -0.39 is 0 Å². The molecule has 0 aliphatic carbocycles. The Labute approximate surface area is 142 Å². The molecule has 4 nitrogen and oxygen atoms in total. The average molecular weight is 336 g/mol. The number of hydrogen-bond donors (Lipinski definition) is 1. The predicted octanol–water partition coefficient (Wildman–Crippen LogP) is 3.70. The van der Waals surface area contributed by atoms with Gasteiger partial charge in [0.2, 0.25) is 0 Å². The molecular weight excluding hydrogens is 314 g/mol. The van der Waals surface area contributed by atoms with Gasteiger partial charge >= 0.3 is 0 Å². The molecule has 0 aliphatic heterocycles. The summed E-state index contributed by atoms with van der Waals surface area (Å²) in [5.41, 5.74) is 2.25. The summed E-state index contributed by atoms with van der Waals surface area (Å²) in [5.74, 6) is 2.09. The molecule has 5 heteroatoms. The largest absolute Gasteiger partial charge is 0.497 e. The maximum atomic E-state index is 6.36. The summed E-state index contributed by atoms with van der Waals surface area (Å²) in [6.45, 7) is 1.53. The second-order valence-corrected chi connectivity index (χ2v) is 5.43. The van der Waals surface area contributed by atoms with Crippen LogP contribution in [0, 0.1) is 0 Å². The molecule has 0 fully saturated rings. The Balaban J connectivity index is 1.88. The fraction of sp³-hybridized carbons (Fsp3) is 0.333. The highest BCUT2D eigenvalue weighted by Gasteiger charge is 2.12. The summed E-state index contributed by atoms with van der Waals surface area (Å²) in [5, 5.41) is 3.98. The van der Waals surface area contributed by atoms with Crippen molar-refractivity contribution in [3.63, 3.8) is 0 Å². The Kier molecular flexibility index (Phi) is 6.56. The van der Waals surface area contributed by atoms with Gasteiger partial charge in [-0.15, -0.1) is 0 Å². The van der Waals surface area contributed by atoms with Crippen molar-refractivity contribution in [1.82, 2.24) is 5.32 Å². The Hall–Kier alpha value is -1.91. The minimum absolute atomic E-state index is 0.573. The third-order valence-electron chi connectivity index (χ3n) is 3.63. The van der Waals surface area contributed by atoms with Crippen LogP contribution in [-0.2, 0) is 13.0 Å². The van der Waals surface area contributed by atoms with Crippen molar-refractivity contribution >= 4 is 11.6 Å². The van der Waals surface area contributed by atoms with Crippen molar-refractivity contribution in [1.29, 1.82) is 0 Å². The fourth-order valence-electron chi connectivity index (χ4n) is 2.31. The van der Waals surface area contributed by atoms with Crippen molar-refractivity contribution in [3.8, 4) is 17.2 Å². The Bertz CT molecular complexity index is 629. The molecule has 2 rings (SSSR count). The smallest absolute Gasteiger partial charge is 0.179 e. The summed E-state index contributed by atoms with van der Waals surface area (Å²) in [6.07, 6.45) is 0.939. The van der Waals surface area contributed by atoms with Crippen molar-refractivity contribution in [2.45, 2.75) is 13.0 Å². The number of ether oxygens (including phenoxy) is 3. The summed E-state index contributed by atoms with van der Waals surface area (Å²) >= 11 is 6.36. The minimum Gasteiger partial charge on any atom is -0.497 e. The van der Waals surface area contributed by atoms with Crippen LogP contribution in [0.1, 0.15) is 11.1 Å². The first-order valence-corrected chi connectivity index (χ1v) is 7.80. The second kappa shape index (κ2) is 8.65. The number of benzene rings is 2. The molecule has 0 saturated carbocycles. The molecular formula is C18H22ClNO3. The Morgan fingerprint density at radius 3 is 2.26 bits per heavy atom. The van der Waals surface area contributed by atoms with Crippen LogP contribution in [0.4, 0.5) is 0 Å². The highest BCUT2D eigenvalue weighted by molar-refractivity contribution is 6.33. The summed E-state index contributed by atoms with van der Waals surface area (Å²) in [4.78, 5) is 0. The van der Waals surface area contributed by atoms with Gasteiger partial charge in [0.15, 0.2) is 11.5 Å². The molecule has 0 saturated heterocycles. The zero-order valence-electron chi connectivity index (χ0n) is 13.7. The summed E-state index contributed by atoms with van der Waals surface area (Å²) in [7, 11) is 4.86. The SMILES string of the molecule is COc1ccc(CCNCc2ccc(OC)c(OC)c2Cl)cc1. The quantitative estimate of drug-likeness (QED) is 0.747. The number of methoxy groups -OCH3 is 3. The highest BCUT2D eigenvalue weighted by Crippen LogP contribution is 2.37. The molecule has 2 aromatic rings. The van der Waals surface area contributed by atoms with Crippen molar-refractivity contribution < 1.29 is 14.2 Å². The number of nitrogens with one attached hydrogen (secondary N) is 1. The van der Waals surface area contributed by atoms with Crippen LogP contribution in [0.15, 0.2) is 36.4 Å². The van der Waals surface area contributed by atoms with Gasteiger partial charge in [-0.25, -0.2) is 0 Å². The molecule has 0 radical (unpaired) electrons. The van der Waals surface area contributed by atoms with Crippen LogP contribution in [0.3, 0.4) is 0 Å². The first kappa shape index (κ1) is 17.4. The molecule has 0 unspecified atom stereocenters. The van der Waals surface area contributed by atoms with Gasteiger partial charge in [-0.1, -0.05) is 29.8 Å². The highest BCUT2D eigenvalue weighted by atomic mass is 35.5. The van der Waals surface area contributed by atoms with Crippen LogP contribution in [0.2, 0.25) is 5.02 Å². The predicted molar refractivity (Wildman–Crippen MR) is 93.0 cm³/mol. The maximum absolute atomic E-state index is 6.36. The lowest BCUT2D eigenvalue weighted by molar-refractivity contribution is 0.354. The molecule has 124 valence electrons. The van der Waals surface area contributed by atoms with Crippen molar-refractivity contribution in [3.05, 3.63) is 52.5 Å². The van der Waals surface area contributed by atoms with Crippen molar-refractivity contribution in [2.24, 2.45) is 0 Å². The van der Waals surface area contributed by atoms with Crippen LogP contribution < -0.4 is 19.5 Å². The Morgan fingerprint density at radius 1 is 0.913 bits per heavy atom. The van der Waals surface area contributed by atoms with E-state index >= 15 is 0 Å². The normalized spacial score (nSPS) is 10.4. The van der Waals surface area contributed by atoms with Crippen LogP contribution >= 0.6 is 11.6 Å². The molecule has 0 bridgehead atoms. The standard InChI is InChI=1S/C18H22ClNO3/c1-21-15-7-4-13(5-8-15)10-11-20-12-14-6-9-16(22-2)18(23-3)17(14)19/h4-9,20H,10-12H2,1-3H3. The van der Waals surface area contributed by atoms with Crippen molar-refractivity contribution in [2.75, 3.05) is 27.9 Å². The van der Waals surface area contributed by atoms with E-state index in [2.05, 4.69) is 17.4 Å². The first-order chi connectivity index (χ1) is 11.2. The fourth-order valence-corrected chi connectivity index (χ4v) is 2.61. The van der Waals surface area contributed by atoms with E-state index in [9.17, 15) is 0 Å². The van der Waals surface area contributed by atoms with Crippen LogP contribution in [0.5, 0.6) is 17.2 Å². The zero-order chi connectivity index (χ0) is 16.7. The first-order valence-electron chi connectivity index (χ1n) is 7.42. The third kappa shape index (κ3) is 4.53. The number of halogens is 1. The number of rotatable bonds is 8. The van der Waals surface area contributed by atoms with Crippen LogP contribution in [0.25, 0.3) is 0 Å². The summed E-state index contributed by atoms with van der Waals surface area (Å²) in [6, 6.07) is 11.9. The molecule has 0 heterocycles. The van der Waals surface area contributed by atoms with Gasteiger partial charge in [-0.05, 0) is 42.3 Å². The van der Waals surface area contributed by atoms with Gasteiger partial charge in [0.1, 0.15) is 5.75 Å². The van der Waals surface area contributed by atoms with Gasteiger partial charge in [0.25, 0.3) is 0 Å². The Morgan fingerprint density at radius 2 is 1.65 bits per heavy atom. The maximum Gasteiger partial charge on any atom is 0.179 e. The van der Waals surface area contributed by atoms with Gasteiger partial charge in [0, 0.05) is 6.54 Å². The zero-order valence-corrected chi connectivity index (χ0v) is 14.4. The molecule has 23 heavy (non-hydrogen) atoms. The lowest BCUT2D eigenvalue weighted by Crippen LogP contribution is -2.17. The monoisotopic (exact) mass is 335 g/mol. The van der Waals surface area contributed by atoms with E-state index in [1.165, 1.54) is 5.56 Å². The van der Waals surface area contributed by atoms with E-state index in [4.69, 9.17) is 25.8 Å². The summed E-state index contributed by atoms with van der Waals surface area (Å²) < 4.78 is 15.7. The van der Waals surface area contributed by atoms with Crippen LogP contribution in [-0.4, -0.2) is 27.9 Å². The van der Waals surface area contributed by atoms with Gasteiger partial charge in [-0.3, -0.25) is 0 Å². The van der Waals surface area contributed by atoms with E-state index in [0.717, 1.165) is 24.3 Å². The van der Waals surface area contributed by atoms with E-state index in [-0.39, 0.29) is 0 Å². The number of hydrogen-bond acceptors (Lipinski definition) is 4.